The Morgan fingerprint density at radius 2 is 2.05 bits per heavy atom. The van der Waals surface area contributed by atoms with Crippen LogP contribution in [-0.4, -0.2) is 11.9 Å². The van der Waals surface area contributed by atoms with Gasteiger partial charge in [-0.05, 0) is 67.6 Å². The molecular formula is C20H27NO. The highest BCUT2D eigenvalue weighted by atomic mass is 16.1. The maximum absolute atomic E-state index is 12.1. The van der Waals surface area contributed by atoms with Gasteiger partial charge in [0.2, 0.25) is 5.91 Å². The molecule has 2 saturated carbocycles. The van der Waals surface area contributed by atoms with Crippen LogP contribution in [0.3, 0.4) is 0 Å². The number of hydrogen-bond donors (Lipinski definition) is 1. The maximum Gasteiger partial charge on any atom is 0.244 e. The van der Waals surface area contributed by atoms with E-state index in [2.05, 4.69) is 43.4 Å². The highest BCUT2D eigenvalue weighted by Gasteiger charge is 2.41. The molecule has 0 saturated heterocycles. The average Bonchev–Trinajstić information content (AvgIpc) is 3.16. The first kappa shape index (κ1) is 15.3. The molecular weight excluding hydrogens is 270 g/mol. The topological polar surface area (TPSA) is 29.1 Å². The second-order valence-electron chi connectivity index (χ2n) is 7.06. The molecule has 1 aromatic carbocycles. The predicted molar refractivity (Wildman–Crippen MR) is 91.4 cm³/mol. The zero-order valence-corrected chi connectivity index (χ0v) is 13.7. The van der Waals surface area contributed by atoms with Crippen LogP contribution in [0, 0.1) is 17.8 Å². The zero-order valence-electron chi connectivity index (χ0n) is 13.7. The summed E-state index contributed by atoms with van der Waals surface area (Å²) in [5, 5.41) is 3.17. The lowest BCUT2D eigenvalue weighted by Crippen LogP contribution is -2.39. The fourth-order valence-electron chi connectivity index (χ4n) is 4.32. The van der Waals surface area contributed by atoms with Gasteiger partial charge in [-0.1, -0.05) is 37.6 Å². The number of nitrogens with one attached hydrogen (secondary N) is 1. The summed E-state index contributed by atoms with van der Waals surface area (Å²) in [5.74, 6) is 2.52. The zero-order chi connectivity index (χ0) is 15.5. The Kier molecular flexibility index (Phi) is 4.66. The van der Waals surface area contributed by atoms with Gasteiger partial charge in [0, 0.05) is 12.1 Å². The first-order chi connectivity index (χ1) is 10.7. The monoisotopic (exact) mass is 297 g/mol. The van der Waals surface area contributed by atoms with Crippen molar-refractivity contribution in [3.63, 3.8) is 0 Å². The van der Waals surface area contributed by atoms with Crippen LogP contribution in [-0.2, 0) is 11.2 Å². The normalized spacial score (nSPS) is 28.2. The van der Waals surface area contributed by atoms with Crippen molar-refractivity contribution < 1.29 is 4.79 Å². The molecule has 118 valence electrons. The number of rotatable bonds is 5. The van der Waals surface area contributed by atoms with Gasteiger partial charge in [0.15, 0.2) is 0 Å². The molecule has 4 atom stereocenters. The lowest BCUT2D eigenvalue weighted by Gasteiger charge is -2.28. The van der Waals surface area contributed by atoms with E-state index in [-0.39, 0.29) is 5.91 Å². The fourth-order valence-corrected chi connectivity index (χ4v) is 4.32. The first-order valence-corrected chi connectivity index (χ1v) is 8.73. The lowest BCUT2D eigenvalue weighted by atomic mass is 9.84. The predicted octanol–water partition coefficient (Wildman–Crippen LogP) is 4.20. The van der Waals surface area contributed by atoms with E-state index in [4.69, 9.17) is 0 Å². The van der Waals surface area contributed by atoms with E-state index in [1.807, 2.05) is 6.08 Å². The van der Waals surface area contributed by atoms with Gasteiger partial charge in [-0.25, -0.2) is 0 Å². The van der Waals surface area contributed by atoms with Crippen LogP contribution in [0.2, 0.25) is 0 Å². The second kappa shape index (κ2) is 6.68. The lowest BCUT2D eigenvalue weighted by molar-refractivity contribution is -0.117. The van der Waals surface area contributed by atoms with Gasteiger partial charge in [0.25, 0.3) is 0 Å². The molecule has 3 rings (SSSR count). The molecule has 0 spiro atoms. The van der Waals surface area contributed by atoms with Gasteiger partial charge in [-0.15, -0.1) is 0 Å². The Morgan fingerprint density at radius 1 is 1.27 bits per heavy atom. The Balaban J connectivity index is 1.52. The van der Waals surface area contributed by atoms with Crippen molar-refractivity contribution in [2.75, 3.05) is 0 Å². The number of amides is 1. The summed E-state index contributed by atoms with van der Waals surface area (Å²) in [6.07, 6.45) is 10.1. The smallest absolute Gasteiger partial charge is 0.244 e. The van der Waals surface area contributed by atoms with Crippen LogP contribution in [0.15, 0.2) is 30.3 Å². The number of aryl methyl sites for hydroxylation is 1. The number of fused-ring (bicyclic) bond motifs is 2. The van der Waals surface area contributed by atoms with E-state index in [0.29, 0.717) is 12.0 Å². The summed E-state index contributed by atoms with van der Waals surface area (Å²) in [7, 11) is 0. The van der Waals surface area contributed by atoms with Crippen LogP contribution < -0.4 is 5.32 Å². The van der Waals surface area contributed by atoms with Gasteiger partial charge >= 0.3 is 0 Å². The van der Waals surface area contributed by atoms with Gasteiger partial charge in [-0.3, -0.25) is 4.79 Å². The maximum atomic E-state index is 12.1. The summed E-state index contributed by atoms with van der Waals surface area (Å²) in [6, 6.07) is 8.68. The molecule has 2 aliphatic rings. The Labute approximate surface area is 134 Å². The summed E-state index contributed by atoms with van der Waals surface area (Å²) in [6.45, 7) is 4.32. The molecule has 1 aromatic rings. The highest BCUT2D eigenvalue weighted by molar-refractivity contribution is 5.91. The Morgan fingerprint density at radius 3 is 2.64 bits per heavy atom. The van der Waals surface area contributed by atoms with Crippen molar-refractivity contribution in [3.05, 3.63) is 41.5 Å². The highest BCUT2D eigenvalue weighted by Crippen LogP contribution is 2.49. The molecule has 2 heteroatoms. The van der Waals surface area contributed by atoms with E-state index in [1.165, 1.54) is 31.2 Å². The summed E-state index contributed by atoms with van der Waals surface area (Å²) in [5.41, 5.74) is 2.41. The quantitative estimate of drug-likeness (QED) is 0.811. The molecule has 1 amide bonds. The molecule has 2 bridgehead atoms. The first-order valence-electron chi connectivity index (χ1n) is 8.73. The van der Waals surface area contributed by atoms with Crippen LogP contribution in [0.25, 0.3) is 6.08 Å². The second-order valence-corrected chi connectivity index (χ2v) is 7.06. The third-order valence-corrected chi connectivity index (χ3v) is 5.62. The molecule has 2 aliphatic carbocycles. The molecule has 2 nitrogen and oxygen atoms in total. The number of benzene rings is 1. The molecule has 0 aromatic heterocycles. The van der Waals surface area contributed by atoms with Crippen molar-refractivity contribution in [2.45, 2.75) is 52.0 Å². The van der Waals surface area contributed by atoms with Crippen molar-refractivity contribution in [1.29, 1.82) is 0 Å². The third kappa shape index (κ3) is 3.43. The van der Waals surface area contributed by atoms with Crippen molar-refractivity contribution >= 4 is 12.0 Å². The minimum absolute atomic E-state index is 0.0369. The molecule has 1 N–H and O–H groups in total. The summed E-state index contributed by atoms with van der Waals surface area (Å²) in [4.78, 5) is 12.1. The number of carbonyl (C=O) groups is 1. The van der Waals surface area contributed by atoms with Gasteiger partial charge in [0.1, 0.15) is 0 Å². The minimum Gasteiger partial charge on any atom is -0.350 e. The van der Waals surface area contributed by atoms with Crippen molar-refractivity contribution in [2.24, 2.45) is 17.8 Å². The van der Waals surface area contributed by atoms with Gasteiger partial charge in [0.05, 0.1) is 0 Å². The number of hydrogen-bond acceptors (Lipinski definition) is 1. The van der Waals surface area contributed by atoms with E-state index < -0.39 is 0 Å². The molecule has 2 fully saturated rings. The molecule has 0 aliphatic heterocycles. The molecule has 0 heterocycles. The van der Waals surface area contributed by atoms with Gasteiger partial charge in [-0.2, -0.15) is 0 Å². The van der Waals surface area contributed by atoms with Gasteiger partial charge < -0.3 is 5.32 Å². The standard InChI is InChI=1S/C20H27NO/c1-3-15-4-6-16(7-5-15)9-11-20(22)21-14(2)19-13-17-8-10-18(19)12-17/h4-7,9,11,14,17-19H,3,8,10,12-13H2,1-2H3,(H,21,22)/b11-9+/t14-,17-,18-,19+/m0/s1. The average molecular weight is 297 g/mol. The van der Waals surface area contributed by atoms with E-state index in [0.717, 1.165) is 23.8 Å². The minimum atomic E-state index is 0.0369. The number of carbonyl (C=O) groups excluding carboxylic acids is 1. The largest absolute Gasteiger partial charge is 0.350 e. The molecule has 0 radical (unpaired) electrons. The summed E-state index contributed by atoms with van der Waals surface area (Å²) < 4.78 is 0. The Hall–Kier alpha value is -1.57. The molecule has 22 heavy (non-hydrogen) atoms. The van der Waals surface area contributed by atoms with Crippen LogP contribution in [0.4, 0.5) is 0 Å². The van der Waals surface area contributed by atoms with Crippen molar-refractivity contribution in [1.82, 2.24) is 5.32 Å². The van der Waals surface area contributed by atoms with Crippen LogP contribution >= 0.6 is 0 Å². The fraction of sp³-hybridized carbons (Fsp3) is 0.550. The Bertz CT molecular complexity index is 545. The third-order valence-electron chi connectivity index (χ3n) is 5.62. The van der Waals surface area contributed by atoms with E-state index >= 15 is 0 Å². The van der Waals surface area contributed by atoms with E-state index in [1.54, 1.807) is 6.08 Å². The summed E-state index contributed by atoms with van der Waals surface area (Å²) >= 11 is 0. The van der Waals surface area contributed by atoms with Crippen molar-refractivity contribution in [3.8, 4) is 0 Å². The van der Waals surface area contributed by atoms with Crippen LogP contribution in [0.5, 0.6) is 0 Å². The van der Waals surface area contributed by atoms with Crippen LogP contribution in [0.1, 0.15) is 50.7 Å². The SMILES string of the molecule is CCc1ccc(/C=C/C(=O)N[C@@H](C)[C@H]2C[C@H]3CC[C@H]2C3)cc1. The molecule has 0 unspecified atom stereocenters. The van der Waals surface area contributed by atoms with E-state index in [9.17, 15) is 4.79 Å².